The molecule has 0 aliphatic rings. The van der Waals surface area contributed by atoms with Crippen molar-refractivity contribution in [2.24, 2.45) is 0 Å². The lowest BCUT2D eigenvalue weighted by Gasteiger charge is -2.09. The van der Waals surface area contributed by atoms with E-state index in [1.807, 2.05) is 20.8 Å². The van der Waals surface area contributed by atoms with Crippen molar-refractivity contribution in [3.8, 4) is 0 Å². The van der Waals surface area contributed by atoms with Crippen molar-refractivity contribution < 1.29 is 24.1 Å². The maximum atomic E-state index is 11.4. The number of hydrogen-bond acceptors (Lipinski definition) is 5. The molecule has 198 valence electrons. The van der Waals surface area contributed by atoms with Crippen LogP contribution in [0.2, 0.25) is 0 Å². The molecular formula is C28H56O5. The fraction of sp³-hybridized carbons (Fsp3) is 0.893. The molecule has 0 aliphatic heterocycles. The molecule has 0 saturated heterocycles. The van der Waals surface area contributed by atoms with Crippen LogP contribution >= 0.6 is 0 Å². The normalized spacial score (nSPS) is 12.1. The van der Waals surface area contributed by atoms with Crippen molar-refractivity contribution in [1.29, 1.82) is 0 Å². The number of aliphatic hydroxyl groups excluding tert-OH is 1. The molecule has 0 heterocycles. The van der Waals surface area contributed by atoms with E-state index in [-0.39, 0.29) is 18.4 Å². The standard InChI is InChI=1S/C22H42O3.C6H14O2/c1-3-5-7-14-17-21(23)18-15-12-10-8-9-11-13-16-19-22(24)25-20-6-4-2;1-4-7-6(3)8-5-2/h12,15,21,23H,3-11,13-14,16-20H2,1-2H3;6H,4-5H2,1-3H3/b15-12-;/t21-;/m1./s1. The van der Waals surface area contributed by atoms with E-state index in [4.69, 9.17) is 14.2 Å². The summed E-state index contributed by atoms with van der Waals surface area (Å²) >= 11 is 0. The molecule has 5 nitrogen and oxygen atoms in total. The Bertz CT molecular complexity index is 405. The maximum absolute atomic E-state index is 11.4. The van der Waals surface area contributed by atoms with Gasteiger partial charge in [-0.2, -0.15) is 0 Å². The Hall–Kier alpha value is -0.910. The average Bonchev–Trinajstić information content (AvgIpc) is 2.79. The Balaban J connectivity index is 0. The zero-order valence-corrected chi connectivity index (χ0v) is 22.6. The zero-order valence-electron chi connectivity index (χ0n) is 22.6. The minimum absolute atomic E-state index is 0.0370. The Labute approximate surface area is 205 Å². The summed E-state index contributed by atoms with van der Waals surface area (Å²) in [5.74, 6) is -0.0374. The third kappa shape index (κ3) is 31.1. The minimum atomic E-state index is -0.162. The van der Waals surface area contributed by atoms with Gasteiger partial charge in [-0.15, -0.1) is 0 Å². The molecule has 1 N–H and O–H groups in total. The molecule has 33 heavy (non-hydrogen) atoms. The molecule has 0 saturated carbocycles. The fourth-order valence-electron chi connectivity index (χ4n) is 3.28. The van der Waals surface area contributed by atoms with Gasteiger partial charge in [-0.1, -0.05) is 77.4 Å². The summed E-state index contributed by atoms with van der Waals surface area (Å²) in [5, 5.41) is 9.87. The highest BCUT2D eigenvalue weighted by molar-refractivity contribution is 5.69. The van der Waals surface area contributed by atoms with E-state index >= 15 is 0 Å². The van der Waals surface area contributed by atoms with Gasteiger partial charge in [0, 0.05) is 19.6 Å². The van der Waals surface area contributed by atoms with Crippen molar-refractivity contribution in [2.75, 3.05) is 19.8 Å². The number of hydrogen-bond donors (Lipinski definition) is 1. The van der Waals surface area contributed by atoms with E-state index < -0.39 is 0 Å². The molecule has 0 spiro atoms. The van der Waals surface area contributed by atoms with Crippen LogP contribution in [-0.2, 0) is 19.0 Å². The number of carbonyl (C=O) groups excluding carboxylic acids is 1. The molecule has 0 unspecified atom stereocenters. The quantitative estimate of drug-likeness (QED) is 0.0755. The van der Waals surface area contributed by atoms with Crippen LogP contribution in [0.15, 0.2) is 12.2 Å². The number of unbranched alkanes of at least 4 members (excludes halogenated alkanes) is 9. The summed E-state index contributed by atoms with van der Waals surface area (Å²) in [4.78, 5) is 11.4. The first kappa shape index (κ1) is 34.3. The first-order valence-corrected chi connectivity index (χ1v) is 13.7. The largest absolute Gasteiger partial charge is 0.466 e. The van der Waals surface area contributed by atoms with Crippen molar-refractivity contribution in [3.05, 3.63) is 12.2 Å². The molecule has 0 rings (SSSR count). The van der Waals surface area contributed by atoms with Gasteiger partial charge in [0.1, 0.15) is 0 Å². The maximum Gasteiger partial charge on any atom is 0.305 e. The number of rotatable bonds is 22. The summed E-state index contributed by atoms with van der Waals surface area (Å²) in [6.07, 6.45) is 20.2. The average molecular weight is 473 g/mol. The molecule has 1 atom stereocenters. The van der Waals surface area contributed by atoms with E-state index in [0.29, 0.717) is 13.0 Å². The molecule has 0 radical (unpaired) electrons. The summed E-state index contributed by atoms with van der Waals surface area (Å²) in [7, 11) is 0. The Kier molecular flexibility index (Phi) is 30.2. The lowest BCUT2D eigenvalue weighted by molar-refractivity contribution is -0.143. The highest BCUT2D eigenvalue weighted by atomic mass is 16.7. The SMILES string of the molecule is CCCCCC[C@@H](O)C/C=C\CCCCCCCC(=O)OCCCC.CCOC(C)OCC. The molecule has 0 amide bonds. The predicted octanol–water partition coefficient (Wildman–Crippen LogP) is 7.74. The van der Waals surface area contributed by atoms with Gasteiger partial charge in [0.15, 0.2) is 6.29 Å². The van der Waals surface area contributed by atoms with Crippen LogP contribution < -0.4 is 0 Å². The van der Waals surface area contributed by atoms with E-state index in [0.717, 1.165) is 64.6 Å². The third-order valence-corrected chi connectivity index (χ3v) is 5.28. The van der Waals surface area contributed by atoms with Crippen LogP contribution in [0.5, 0.6) is 0 Å². The number of allylic oxidation sites excluding steroid dienone is 1. The topological polar surface area (TPSA) is 65.0 Å². The number of aliphatic hydroxyl groups is 1. The van der Waals surface area contributed by atoms with Gasteiger partial charge in [-0.05, 0) is 59.3 Å². The third-order valence-electron chi connectivity index (χ3n) is 5.28. The molecule has 0 bridgehead atoms. The van der Waals surface area contributed by atoms with Gasteiger partial charge in [-0.3, -0.25) is 4.79 Å². The van der Waals surface area contributed by atoms with Crippen LogP contribution in [0.1, 0.15) is 131 Å². The van der Waals surface area contributed by atoms with Crippen molar-refractivity contribution in [2.45, 2.75) is 143 Å². The van der Waals surface area contributed by atoms with Crippen LogP contribution in [0.3, 0.4) is 0 Å². The van der Waals surface area contributed by atoms with Crippen LogP contribution in [0.4, 0.5) is 0 Å². The van der Waals surface area contributed by atoms with Crippen LogP contribution in [0.25, 0.3) is 0 Å². The lowest BCUT2D eigenvalue weighted by atomic mass is 10.1. The van der Waals surface area contributed by atoms with Crippen LogP contribution in [0, 0.1) is 0 Å². The van der Waals surface area contributed by atoms with Gasteiger partial charge >= 0.3 is 5.97 Å². The summed E-state index contributed by atoms with van der Waals surface area (Å²) < 4.78 is 15.3. The lowest BCUT2D eigenvalue weighted by Crippen LogP contribution is -2.11. The van der Waals surface area contributed by atoms with Crippen molar-refractivity contribution in [3.63, 3.8) is 0 Å². The second-order valence-corrected chi connectivity index (χ2v) is 8.57. The molecule has 0 aromatic carbocycles. The summed E-state index contributed by atoms with van der Waals surface area (Å²) in [5.41, 5.74) is 0. The Morgan fingerprint density at radius 1 is 0.788 bits per heavy atom. The Morgan fingerprint density at radius 2 is 1.39 bits per heavy atom. The highest BCUT2D eigenvalue weighted by Gasteiger charge is 2.02. The Morgan fingerprint density at radius 3 is 2.03 bits per heavy atom. The van der Waals surface area contributed by atoms with Crippen molar-refractivity contribution >= 4 is 5.97 Å². The number of ether oxygens (including phenoxy) is 3. The second-order valence-electron chi connectivity index (χ2n) is 8.57. The van der Waals surface area contributed by atoms with Gasteiger partial charge in [-0.25, -0.2) is 0 Å². The molecule has 5 heteroatoms. The predicted molar refractivity (Wildman–Crippen MR) is 139 cm³/mol. The van der Waals surface area contributed by atoms with E-state index in [1.54, 1.807) is 0 Å². The molecule has 0 aliphatic carbocycles. The number of carbonyl (C=O) groups is 1. The summed E-state index contributed by atoms with van der Waals surface area (Å²) in [6.45, 7) is 12.1. The van der Waals surface area contributed by atoms with Gasteiger partial charge in [0.25, 0.3) is 0 Å². The van der Waals surface area contributed by atoms with Crippen molar-refractivity contribution in [1.82, 2.24) is 0 Å². The molecule has 0 fully saturated rings. The molecule has 0 aromatic heterocycles. The fourth-order valence-corrected chi connectivity index (χ4v) is 3.28. The smallest absolute Gasteiger partial charge is 0.305 e. The van der Waals surface area contributed by atoms with Gasteiger partial charge < -0.3 is 19.3 Å². The van der Waals surface area contributed by atoms with Crippen LogP contribution in [-0.4, -0.2) is 43.3 Å². The van der Waals surface area contributed by atoms with E-state index in [9.17, 15) is 9.90 Å². The monoisotopic (exact) mass is 472 g/mol. The van der Waals surface area contributed by atoms with E-state index in [2.05, 4.69) is 26.0 Å². The minimum Gasteiger partial charge on any atom is -0.466 e. The molecule has 0 aromatic rings. The molecular weight excluding hydrogens is 416 g/mol. The second kappa shape index (κ2) is 29.1. The number of esters is 1. The van der Waals surface area contributed by atoms with Gasteiger partial charge in [0.05, 0.1) is 12.7 Å². The van der Waals surface area contributed by atoms with Gasteiger partial charge in [0.2, 0.25) is 0 Å². The van der Waals surface area contributed by atoms with E-state index in [1.165, 1.54) is 38.5 Å². The highest BCUT2D eigenvalue weighted by Crippen LogP contribution is 2.11. The first-order chi connectivity index (χ1) is 16.0. The summed E-state index contributed by atoms with van der Waals surface area (Å²) in [6, 6.07) is 0. The zero-order chi connectivity index (χ0) is 25.0. The first-order valence-electron chi connectivity index (χ1n) is 13.7.